The standard InChI is InChI=1S/C20H21ClN2O3/c21-18-12-11-16(13-19(18)23(25)26)20(24)22(17-9-5-2-6-10-17)14-15-7-3-1-4-8-15/h1,3-4,7-8,11-13,17H,2,5-6,9-10,14H2. The molecule has 6 heteroatoms. The fourth-order valence-electron chi connectivity index (χ4n) is 3.49. The number of rotatable bonds is 5. The highest BCUT2D eigenvalue weighted by Gasteiger charge is 2.28. The van der Waals surface area contributed by atoms with Crippen molar-refractivity contribution in [2.75, 3.05) is 0 Å². The highest BCUT2D eigenvalue weighted by atomic mass is 35.5. The highest BCUT2D eigenvalue weighted by molar-refractivity contribution is 6.32. The zero-order chi connectivity index (χ0) is 18.5. The molecule has 0 saturated heterocycles. The summed E-state index contributed by atoms with van der Waals surface area (Å²) < 4.78 is 0. The minimum absolute atomic E-state index is 0.0406. The molecule has 1 amide bonds. The summed E-state index contributed by atoms with van der Waals surface area (Å²) in [5.74, 6) is -0.180. The van der Waals surface area contributed by atoms with Crippen LogP contribution in [0.2, 0.25) is 5.02 Å². The van der Waals surface area contributed by atoms with E-state index in [4.69, 9.17) is 11.6 Å². The van der Waals surface area contributed by atoms with Gasteiger partial charge in [-0.15, -0.1) is 0 Å². The van der Waals surface area contributed by atoms with Crippen molar-refractivity contribution in [2.45, 2.75) is 44.7 Å². The summed E-state index contributed by atoms with van der Waals surface area (Å²) in [6.45, 7) is 0.501. The molecule has 0 bridgehead atoms. The lowest BCUT2D eigenvalue weighted by Crippen LogP contribution is -2.41. The number of carbonyl (C=O) groups is 1. The zero-order valence-electron chi connectivity index (χ0n) is 14.4. The molecule has 5 nitrogen and oxygen atoms in total. The van der Waals surface area contributed by atoms with Gasteiger partial charge in [-0.25, -0.2) is 0 Å². The Morgan fingerprint density at radius 1 is 1.12 bits per heavy atom. The summed E-state index contributed by atoms with van der Waals surface area (Å²) in [6.07, 6.45) is 5.33. The lowest BCUT2D eigenvalue weighted by atomic mass is 9.93. The first-order chi connectivity index (χ1) is 12.6. The quantitative estimate of drug-likeness (QED) is 0.533. The topological polar surface area (TPSA) is 63.4 Å². The normalized spacial score (nSPS) is 14.8. The van der Waals surface area contributed by atoms with Gasteiger partial charge in [0, 0.05) is 24.2 Å². The van der Waals surface area contributed by atoms with Crippen LogP contribution < -0.4 is 0 Å². The second-order valence-electron chi connectivity index (χ2n) is 6.63. The molecule has 1 saturated carbocycles. The van der Waals surface area contributed by atoms with Gasteiger partial charge in [-0.05, 0) is 30.5 Å². The third kappa shape index (κ3) is 4.22. The molecular formula is C20H21ClN2O3. The van der Waals surface area contributed by atoms with Crippen LogP contribution in [0.25, 0.3) is 0 Å². The van der Waals surface area contributed by atoms with Gasteiger partial charge in [-0.2, -0.15) is 0 Å². The number of nitro benzene ring substituents is 1. The molecule has 26 heavy (non-hydrogen) atoms. The van der Waals surface area contributed by atoms with Gasteiger partial charge in [-0.3, -0.25) is 14.9 Å². The minimum Gasteiger partial charge on any atom is -0.331 e. The van der Waals surface area contributed by atoms with Crippen molar-refractivity contribution in [3.63, 3.8) is 0 Å². The van der Waals surface area contributed by atoms with E-state index >= 15 is 0 Å². The first-order valence-corrected chi connectivity index (χ1v) is 9.23. The van der Waals surface area contributed by atoms with Crippen molar-refractivity contribution in [1.82, 2.24) is 4.90 Å². The zero-order valence-corrected chi connectivity index (χ0v) is 15.2. The number of hydrogen-bond acceptors (Lipinski definition) is 3. The summed E-state index contributed by atoms with van der Waals surface area (Å²) in [5.41, 5.74) is 1.12. The third-order valence-electron chi connectivity index (χ3n) is 4.86. The number of nitro groups is 1. The summed E-state index contributed by atoms with van der Waals surface area (Å²) >= 11 is 5.89. The molecular weight excluding hydrogens is 352 g/mol. The highest BCUT2D eigenvalue weighted by Crippen LogP contribution is 2.29. The fourth-order valence-corrected chi connectivity index (χ4v) is 3.68. The molecule has 0 unspecified atom stereocenters. The van der Waals surface area contributed by atoms with Gasteiger partial charge in [0.15, 0.2) is 0 Å². The number of halogens is 1. The van der Waals surface area contributed by atoms with Gasteiger partial charge in [0.1, 0.15) is 5.02 Å². The molecule has 0 radical (unpaired) electrons. The lowest BCUT2D eigenvalue weighted by Gasteiger charge is -2.34. The monoisotopic (exact) mass is 372 g/mol. The van der Waals surface area contributed by atoms with Crippen LogP contribution in [0, 0.1) is 10.1 Å². The maximum Gasteiger partial charge on any atom is 0.288 e. The van der Waals surface area contributed by atoms with E-state index in [1.165, 1.54) is 18.6 Å². The largest absolute Gasteiger partial charge is 0.331 e. The van der Waals surface area contributed by atoms with Crippen molar-refractivity contribution in [3.05, 3.63) is 74.8 Å². The molecule has 1 aliphatic rings. The van der Waals surface area contributed by atoms with Gasteiger partial charge in [0.25, 0.3) is 11.6 Å². The Kier molecular flexibility index (Phi) is 5.89. The summed E-state index contributed by atoms with van der Waals surface area (Å²) in [4.78, 5) is 25.7. The average Bonchev–Trinajstić information content (AvgIpc) is 2.67. The van der Waals surface area contributed by atoms with Crippen LogP contribution in [0.1, 0.15) is 48.0 Å². The van der Waals surface area contributed by atoms with E-state index in [2.05, 4.69) is 0 Å². The smallest absolute Gasteiger partial charge is 0.288 e. The number of carbonyl (C=O) groups excluding carboxylic acids is 1. The summed E-state index contributed by atoms with van der Waals surface area (Å²) in [6, 6.07) is 14.3. The Labute approximate surface area is 157 Å². The second kappa shape index (κ2) is 8.32. The SMILES string of the molecule is O=C(c1ccc(Cl)c([N+](=O)[O-])c1)N(Cc1ccccc1)C1CCCCC1. The van der Waals surface area contributed by atoms with Gasteiger partial charge in [0.05, 0.1) is 4.92 Å². The minimum atomic E-state index is -0.554. The van der Waals surface area contributed by atoms with Crippen LogP contribution in [-0.2, 0) is 6.54 Å². The molecule has 2 aromatic rings. The van der Waals surface area contributed by atoms with Crippen LogP contribution in [-0.4, -0.2) is 21.8 Å². The van der Waals surface area contributed by atoms with E-state index in [0.29, 0.717) is 12.1 Å². The first-order valence-electron chi connectivity index (χ1n) is 8.85. The summed E-state index contributed by atoms with van der Waals surface area (Å²) in [7, 11) is 0. The first kappa shape index (κ1) is 18.4. The maximum atomic E-state index is 13.2. The van der Waals surface area contributed by atoms with Crippen LogP contribution in [0.3, 0.4) is 0 Å². The molecule has 0 aliphatic heterocycles. The molecule has 2 aromatic carbocycles. The van der Waals surface area contributed by atoms with Crippen molar-refractivity contribution < 1.29 is 9.72 Å². The predicted molar refractivity (Wildman–Crippen MR) is 101 cm³/mol. The number of hydrogen-bond donors (Lipinski definition) is 0. The molecule has 0 heterocycles. The molecule has 3 rings (SSSR count). The molecule has 0 N–H and O–H groups in total. The van der Waals surface area contributed by atoms with Crippen molar-refractivity contribution in [2.24, 2.45) is 0 Å². The lowest BCUT2D eigenvalue weighted by molar-refractivity contribution is -0.384. The fraction of sp³-hybridized carbons (Fsp3) is 0.350. The van der Waals surface area contributed by atoms with Crippen molar-refractivity contribution in [1.29, 1.82) is 0 Å². The van der Waals surface area contributed by atoms with Crippen LogP contribution in [0.15, 0.2) is 48.5 Å². The maximum absolute atomic E-state index is 13.2. The molecule has 1 fully saturated rings. The Balaban J connectivity index is 1.91. The van der Waals surface area contributed by atoms with E-state index in [9.17, 15) is 14.9 Å². The predicted octanol–water partition coefficient (Wildman–Crippen LogP) is 5.22. The molecule has 136 valence electrons. The van der Waals surface area contributed by atoms with Gasteiger partial charge in [-0.1, -0.05) is 61.2 Å². The van der Waals surface area contributed by atoms with E-state index in [1.807, 2.05) is 35.2 Å². The van der Waals surface area contributed by atoms with Crippen LogP contribution in [0.4, 0.5) is 5.69 Å². The Morgan fingerprint density at radius 2 is 1.81 bits per heavy atom. The molecule has 0 aromatic heterocycles. The Morgan fingerprint density at radius 3 is 2.46 bits per heavy atom. The molecule has 1 aliphatic carbocycles. The van der Waals surface area contributed by atoms with Gasteiger partial charge < -0.3 is 4.90 Å². The summed E-state index contributed by atoms with van der Waals surface area (Å²) in [5, 5.41) is 11.2. The average molecular weight is 373 g/mol. The van der Waals surface area contributed by atoms with Crippen molar-refractivity contribution >= 4 is 23.2 Å². The number of benzene rings is 2. The second-order valence-corrected chi connectivity index (χ2v) is 7.04. The Bertz CT molecular complexity index is 789. The van der Waals surface area contributed by atoms with Crippen LogP contribution >= 0.6 is 11.6 Å². The Hall–Kier alpha value is -2.40. The van der Waals surface area contributed by atoms with E-state index in [-0.39, 0.29) is 22.7 Å². The van der Waals surface area contributed by atoms with E-state index in [1.54, 1.807) is 6.07 Å². The van der Waals surface area contributed by atoms with E-state index < -0.39 is 4.92 Å². The van der Waals surface area contributed by atoms with E-state index in [0.717, 1.165) is 31.2 Å². The number of amides is 1. The molecule has 0 atom stereocenters. The van der Waals surface area contributed by atoms with Gasteiger partial charge in [0.2, 0.25) is 0 Å². The van der Waals surface area contributed by atoms with Crippen LogP contribution in [0.5, 0.6) is 0 Å². The third-order valence-corrected chi connectivity index (χ3v) is 5.18. The van der Waals surface area contributed by atoms with Crippen molar-refractivity contribution in [3.8, 4) is 0 Å². The van der Waals surface area contributed by atoms with Gasteiger partial charge >= 0.3 is 0 Å². The number of nitrogens with zero attached hydrogens (tertiary/aromatic N) is 2. The molecule has 0 spiro atoms.